The number of fused-ring (bicyclic) bond motifs is 7. The van der Waals surface area contributed by atoms with Crippen LogP contribution < -0.4 is 0 Å². The van der Waals surface area contributed by atoms with Gasteiger partial charge in [0, 0.05) is 16.7 Å². The Kier molecular flexibility index (Phi) is 5.23. The minimum Gasteiger partial charge on any atom is -0.307 e. The van der Waals surface area contributed by atoms with Gasteiger partial charge >= 0.3 is 0 Å². The van der Waals surface area contributed by atoms with Crippen LogP contribution in [0, 0.1) is 51.4 Å². The number of carbonyl (C=O) groups excluding carboxylic acids is 2. The van der Waals surface area contributed by atoms with Crippen LogP contribution in [-0.4, -0.2) is 23.0 Å². The van der Waals surface area contributed by atoms with Gasteiger partial charge in [0.25, 0.3) is 0 Å². The minimum absolute atomic E-state index is 0.0513. The van der Waals surface area contributed by atoms with Gasteiger partial charge in [0.2, 0.25) is 5.70 Å². The van der Waals surface area contributed by atoms with Crippen LogP contribution in [-0.2, 0) is 9.59 Å². The van der Waals surface area contributed by atoms with E-state index in [2.05, 4.69) is 51.9 Å². The molecule has 4 heteroatoms. The first-order chi connectivity index (χ1) is 16.6. The molecule has 0 aromatic rings. The van der Waals surface area contributed by atoms with Crippen molar-refractivity contribution in [3.05, 3.63) is 41.4 Å². The van der Waals surface area contributed by atoms with Gasteiger partial charge < -0.3 is 4.79 Å². The molecule has 0 aromatic heterocycles. The Morgan fingerprint density at radius 1 is 1.03 bits per heavy atom. The quantitative estimate of drug-likeness (QED) is 0.291. The first-order valence-electron chi connectivity index (χ1n) is 13.8. The zero-order chi connectivity index (χ0) is 26.5. The molecule has 0 saturated heterocycles. The molecule has 0 spiro atoms. The van der Waals surface area contributed by atoms with Gasteiger partial charge in [0.05, 0.1) is 12.1 Å². The van der Waals surface area contributed by atoms with Gasteiger partial charge in [-0.3, -0.25) is 4.79 Å². The zero-order valence-electron chi connectivity index (χ0n) is 23.3. The molecule has 0 heterocycles. The van der Waals surface area contributed by atoms with Gasteiger partial charge in [-0.2, -0.15) is 0 Å². The first kappa shape index (κ1) is 25.4. The summed E-state index contributed by atoms with van der Waals surface area (Å²) in [7, 11) is 0. The number of hydrogen-bond donors (Lipinski definition) is 0. The standard InChI is InChI=1S/C32H42N2O2/c1-10-34-32-15-13-27(2,3)18-20(32)25-22(35)17-24-29(6)19-21(33-9)26(36)28(4,5)23(29)11-12-30(24,7)31(25,8)14-16-32/h17,19-20,23,25H,1,11-16,18H2,2-8H3/t20-,23-,25-,29-,30+,31+,32-/m0/s1. The van der Waals surface area contributed by atoms with Crippen molar-refractivity contribution in [3.8, 4) is 0 Å². The summed E-state index contributed by atoms with van der Waals surface area (Å²) in [5.41, 5.74) is -0.142. The second kappa shape index (κ2) is 7.41. The summed E-state index contributed by atoms with van der Waals surface area (Å²) in [5, 5.41) is 0. The van der Waals surface area contributed by atoms with Crippen molar-refractivity contribution in [2.45, 2.75) is 99.0 Å². The number of ketones is 2. The van der Waals surface area contributed by atoms with E-state index < -0.39 is 10.8 Å². The van der Waals surface area contributed by atoms with Gasteiger partial charge in [0.15, 0.2) is 11.6 Å². The average molecular weight is 487 g/mol. The van der Waals surface area contributed by atoms with Crippen molar-refractivity contribution < 1.29 is 9.59 Å². The zero-order valence-corrected chi connectivity index (χ0v) is 23.3. The van der Waals surface area contributed by atoms with Crippen LogP contribution in [0.15, 0.2) is 35.0 Å². The molecule has 0 aliphatic heterocycles. The fourth-order valence-electron chi connectivity index (χ4n) is 9.92. The van der Waals surface area contributed by atoms with Gasteiger partial charge in [0.1, 0.15) is 0 Å². The van der Waals surface area contributed by atoms with Crippen LogP contribution in [0.3, 0.4) is 0 Å². The van der Waals surface area contributed by atoms with E-state index in [0.717, 1.165) is 50.5 Å². The molecule has 3 saturated carbocycles. The van der Waals surface area contributed by atoms with Gasteiger partial charge in [-0.15, -0.1) is 0 Å². The highest BCUT2D eigenvalue weighted by Gasteiger charge is 2.69. The SMILES string of the molecule is [C-]#[N+]C1=C[C@]2(C)C3=CC(=O)[C@@H]4[C@@H]5CC(C)(C)CC[C@]5(N=C=C)CC[C@@]4(C)[C@]3(C)CC[C@H]2C(C)(C)C1=O. The molecule has 5 rings (SSSR count). The number of carbonyl (C=O) groups is 2. The third kappa shape index (κ3) is 2.96. The van der Waals surface area contributed by atoms with E-state index in [1.54, 1.807) is 0 Å². The summed E-state index contributed by atoms with van der Waals surface area (Å²) >= 11 is 0. The van der Waals surface area contributed by atoms with Crippen molar-refractivity contribution >= 4 is 17.4 Å². The molecule has 7 atom stereocenters. The summed E-state index contributed by atoms with van der Waals surface area (Å²) in [6.07, 6.45) is 10.8. The van der Waals surface area contributed by atoms with Crippen molar-refractivity contribution in [2.75, 3.05) is 0 Å². The Labute approximate surface area is 217 Å². The highest BCUT2D eigenvalue weighted by molar-refractivity contribution is 6.03. The van der Waals surface area contributed by atoms with Crippen LogP contribution in [0.2, 0.25) is 0 Å². The molecule has 0 N–H and O–H groups in total. The van der Waals surface area contributed by atoms with E-state index >= 15 is 0 Å². The smallest absolute Gasteiger partial charge is 0.226 e. The molecule has 0 bridgehead atoms. The maximum atomic E-state index is 14.3. The van der Waals surface area contributed by atoms with E-state index in [9.17, 15) is 9.59 Å². The van der Waals surface area contributed by atoms with Crippen LogP contribution in [0.25, 0.3) is 4.85 Å². The molecule has 5 aliphatic rings. The molecule has 4 nitrogen and oxygen atoms in total. The number of rotatable bonds is 1. The third-order valence-electron chi connectivity index (χ3n) is 12.1. The number of Topliss-reactive ketones (excluding diaryl/α,β-unsaturated/α-hetero) is 1. The lowest BCUT2D eigenvalue weighted by Crippen LogP contribution is -2.65. The van der Waals surface area contributed by atoms with Crippen LogP contribution in [0.4, 0.5) is 0 Å². The summed E-state index contributed by atoms with van der Waals surface area (Å²) in [4.78, 5) is 36.1. The Morgan fingerprint density at radius 2 is 1.69 bits per heavy atom. The normalized spacial score (nSPS) is 46.4. The van der Waals surface area contributed by atoms with Crippen molar-refractivity contribution in [2.24, 2.45) is 49.8 Å². The van der Waals surface area contributed by atoms with Crippen LogP contribution in [0.5, 0.6) is 0 Å². The fraction of sp³-hybridized carbons (Fsp3) is 0.719. The molecule has 192 valence electrons. The van der Waals surface area contributed by atoms with Crippen molar-refractivity contribution in [1.29, 1.82) is 0 Å². The monoisotopic (exact) mass is 486 g/mol. The highest BCUT2D eigenvalue weighted by Crippen LogP contribution is 2.73. The molecule has 36 heavy (non-hydrogen) atoms. The molecule has 3 fully saturated rings. The first-order valence-corrected chi connectivity index (χ1v) is 13.8. The number of hydrogen-bond acceptors (Lipinski definition) is 3. The van der Waals surface area contributed by atoms with Crippen molar-refractivity contribution in [3.63, 3.8) is 0 Å². The number of nitrogens with zero attached hydrogens (tertiary/aromatic N) is 2. The number of allylic oxidation sites excluding steroid dienone is 4. The largest absolute Gasteiger partial charge is 0.307 e. The lowest BCUT2D eigenvalue weighted by atomic mass is 9.35. The van der Waals surface area contributed by atoms with Gasteiger partial charge in [-0.25, -0.2) is 9.84 Å². The average Bonchev–Trinajstić information content (AvgIpc) is 2.79. The molecular formula is C32H42N2O2. The Morgan fingerprint density at radius 3 is 2.33 bits per heavy atom. The number of aliphatic imine (C=N–C) groups is 1. The lowest BCUT2D eigenvalue weighted by Gasteiger charge is -2.68. The Hall–Kier alpha value is -2.24. The van der Waals surface area contributed by atoms with E-state index in [-0.39, 0.29) is 56.8 Å². The summed E-state index contributed by atoms with van der Waals surface area (Å²) < 4.78 is 0. The predicted octanol–water partition coefficient (Wildman–Crippen LogP) is 7.17. The summed E-state index contributed by atoms with van der Waals surface area (Å²) in [5.74, 6) is 3.25. The molecule has 5 aliphatic carbocycles. The van der Waals surface area contributed by atoms with Gasteiger partial charge in [-0.1, -0.05) is 60.1 Å². The van der Waals surface area contributed by atoms with Crippen LogP contribution >= 0.6 is 0 Å². The van der Waals surface area contributed by atoms with E-state index in [1.807, 2.05) is 26.0 Å². The molecule has 0 unspecified atom stereocenters. The summed E-state index contributed by atoms with van der Waals surface area (Å²) in [6, 6.07) is 0. The van der Waals surface area contributed by atoms with E-state index in [1.165, 1.54) is 0 Å². The second-order valence-electron chi connectivity index (χ2n) is 14.6. The highest BCUT2D eigenvalue weighted by atomic mass is 16.1. The third-order valence-corrected chi connectivity index (χ3v) is 12.1. The molecule has 0 amide bonds. The Balaban J connectivity index is 1.71. The molecular weight excluding hydrogens is 444 g/mol. The maximum absolute atomic E-state index is 14.3. The second-order valence-corrected chi connectivity index (χ2v) is 14.6. The predicted molar refractivity (Wildman–Crippen MR) is 143 cm³/mol. The van der Waals surface area contributed by atoms with Crippen LogP contribution in [0.1, 0.15) is 93.4 Å². The Bertz CT molecular complexity index is 1210. The lowest BCUT2D eigenvalue weighted by molar-refractivity contribution is -0.158. The minimum atomic E-state index is -0.625. The van der Waals surface area contributed by atoms with Gasteiger partial charge in [-0.05, 0) is 91.6 Å². The van der Waals surface area contributed by atoms with E-state index in [0.29, 0.717) is 0 Å². The summed E-state index contributed by atoms with van der Waals surface area (Å²) in [6.45, 7) is 27.2. The molecule has 0 aromatic carbocycles. The topological polar surface area (TPSA) is 50.9 Å². The molecule has 0 radical (unpaired) electrons. The fourth-order valence-corrected chi connectivity index (χ4v) is 9.92. The maximum Gasteiger partial charge on any atom is 0.226 e. The van der Waals surface area contributed by atoms with Crippen molar-refractivity contribution in [1.82, 2.24) is 0 Å². The van der Waals surface area contributed by atoms with E-state index in [4.69, 9.17) is 11.6 Å².